The summed E-state index contributed by atoms with van der Waals surface area (Å²) in [5, 5.41) is 7.98. The van der Waals surface area contributed by atoms with Crippen LogP contribution in [0, 0.1) is 11.3 Å². The molecule has 7 heavy (non-hydrogen) atoms. The molecule has 0 aromatic carbocycles. The van der Waals surface area contributed by atoms with E-state index in [0.29, 0.717) is 0 Å². The van der Waals surface area contributed by atoms with Gasteiger partial charge in [0.25, 0.3) is 0 Å². The van der Waals surface area contributed by atoms with Crippen LogP contribution in [0.15, 0.2) is 0 Å². The molecule has 0 aliphatic rings. The van der Waals surface area contributed by atoms with Gasteiger partial charge >= 0.3 is 0 Å². The molecule has 40 valence electrons. The zero-order valence-corrected chi connectivity index (χ0v) is 5.42. The molecule has 0 N–H and O–H groups in total. The number of nitriles is 1. The Morgan fingerprint density at radius 1 is 1.71 bits per heavy atom. The van der Waals surface area contributed by atoms with Crippen molar-refractivity contribution in [2.24, 2.45) is 0 Å². The van der Waals surface area contributed by atoms with Crippen LogP contribution in [0.2, 0.25) is 0 Å². The van der Waals surface area contributed by atoms with E-state index in [1.54, 1.807) is 6.92 Å². The lowest BCUT2D eigenvalue weighted by Gasteiger charge is -2.03. The van der Waals surface area contributed by atoms with Gasteiger partial charge in [0, 0.05) is 0 Å². The van der Waals surface area contributed by atoms with Crippen LogP contribution < -0.4 is 0 Å². The molecule has 0 saturated heterocycles. The van der Waals surface area contributed by atoms with E-state index in [4.69, 9.17) is 28.5 Å². The molecule has 0 fully saturated rings. The number of hydrogen-bond acceptors (Lipinski definition) is 1. The Balaban J connectivity index is 3.40. The van der Waals surface area contributed by atoms with Gasteiger partial charge in [0.15, 0.2) is 0 Å². The highest BCUT2D eigenvalue weighted by Crippen LogP contribution is 2.22. The second-order valence-electron chi connectivity index (χ2n) is 1.41. The lowest BCUT2D eigenvalue weighted by molar-refractivity contribution is 0.893. The van der Waals surface area contributed by atoms with Crippen molar-refractivity contribution in [2.75, 3.05) is 0 Å². The smallest absolute Gasteiger partial charge is 0.128 e. The van der Waals surface area contributed by atoms with Gasteiger partial charge in [-0.2, -0.15) is 5.26 Å². The highest BCUT2D eigenvalue weighted by molar-refractivity contribution is 6.48. The Hall–Kier alpha value is 0.0700. The van der Waals surface area contributed by atoms with E-state index in [0.717, 1.165) is 0 Å². The first-order valence-corrected chi connectivity index (χ1v) is 2.56. The maximum atomic E-state index is 7.98. The van der Waals surface area contributed by atoms with E-state index in [1.807, 2.05) is 6.07 Å². The van der Waals surface area contributed by atoms with Crippen molar-refractivity contribution >= 4 is 23.2 Å². The van der Waals surface area contributed by atoms with Crippen molar-refractivity contribution in [1.82, 2.24) is 0 Å². The fourth-order valence-electron chi connectivity index (χ4n) is 0.139. The van der Waals surface area contributed by atoms with E-state index >= 15 is 0 Å². The van der Waals surface area contributed by atoms with Crippen LogP contribution in [0.25, 0.3) is 0 Å². The Labute approximate surface area is 52.8 Å². The van der Waals surface area contributed by atoms with Crippen molar-refractivity contribution in [3.8, 4) is 6.07 Å². The number of rotatable bonds is 1. The number of nitrogens with zero attached hydrogens (tertiary/aromatic N) is 1. The molecule has 0 heterocycles. The van der Waals surface area contributed by atoms with Gasteiger partial charge in [-0.3, -0.25) is 0 Å². The van der Waals surface area contributed by atoms with Crippen LogP contribution in [0.3, 0.4) is 0 Å². The van der Waals surface area contributed by atoms with Crippen molar-refractivity contribution in [1.29, 1.82) is 5.26 Å². The molecule has 0 aromatic heterocycles. The largest absolute Gasteiger partial charge is 0.198 e. The zero-order chi connectivity index (χ0) is 5.91. The van der Waals surface area contributed by atoms with Crippen LogP contribution in [0.1, 0.15) is 13.3 Å². The molecule has 1 nitrogen and oxygen atoms in total. The van der Waals surface area contributed by atoms with Crippen LogP contribution in [0.5, 0.6) is 0 Å². The minimum Gasteiger partial charge on any atom is -0.198 e. The molecular weight excluding hydrogens is 133 g/mol. The second-order valence-corrected chi connectivity index (χ2v) is 3.27. The minimum absolute atomic E-state index is 0.177. The summed E-state index contributed by atoms with van der Waals surface area (Å²) in [5.74, 6) is 0. The Morgan fingerprint density at radius 2 is 2.14 bits per heavy atom. The second kappa shape index (κ2) is 2.40. The van der Waals surface area contributed by atoms with Gasteiger partial charge in [0.05, 0.1) is 12.5 Å². The monoisotopic (exact) mass is 137 g/mol. The van der Waals surface area contributed by atoms with Crippen molar-refractivity contribution < 1.29 is 0 Å². The van der Waals surface area contributed by atoms with Gasteiger partial charge in [-0.15, -0.1) is 23.2 Å². The summed E-state index contributed by atoms with van der Waals surface area (Å²) >= 11 is 10.8. The Morgan fingerprint density at radius 3 is 2.14 bits per heavy atom. The predicted octanol–water partition coefficient (Wildman–Crippen LogP) is 2.09. The van der Waals surface area contributed by atoms with Gasteiger partial charge < -0.3 is 0 Å². The third-order valence-electron chi connectivity index (χ3n) is 0.389. The van der Waals surface area contributed by atoms with E-state index in [2.05, 4.69) is 0 Å². The summed E-state index contributed by atoms with van der Waals surface area (Å²) in [4.78, 5) is 0. The third kappa shape index (κ3) is 6.07. The molecule has 0 aromatic rings. The fourth-order valence-corrected chi connectivity index (χ4v) is 0.258. The number of halogens is 2. The average molecular weight is 138 g/mol. The number of hydrogen-bond donors (Lipinski definition) is 0. The van der Waals surface area contributed by atoms with E-state index in [1.165, 1.54) is 0 Å². The molecule has 0 amide bonds. The SMILES string of the molecule is CC(Cl)(Cl)CC#N. The standard InChI is InChI=1S/C4H5Cl2N/c1-4(5,6)2-3-7/h2H2,1H3. The lowest BCUT2D eigenvalue weighted by atomic mass is 10.4. The Kier molecular flexibility index (Phi) is 2.42. The molecule has 0 unspecified atom stereocenters. The first kappa shape index (κ1) is 7.07. The summed E-state index contributed by atoms with van der Waals surface area (Å²) < 4.78 is -0.866. The molecule has 0 atom stereocenters. The van der Waals surface area contributed by atoms with Gasteiger partial charge in [0.2, 0.25) is 0 Å². The van der Waals surface area contributed by atoms with Crippen molar-refractivity contribution in [3.63, 3.8) is 0 Å². The normalized spacial score (nSPS) is 10.6. The van der Waals surface area contributed by atoms with Gasteiger partial charge in [-0.25, -0.2) is 0 Å². The molecule has 0 radical (unpaired) electrons. The molecule has 0 rings (SSSR count). The zero-order valence-electron chi connectivity index (χ0n) is 3.91. The summed E-state index contributed by atoms with van der Waals surface area (Å²) in [7, 11) is 0. The van der Waals surface area contributed by atoms with E-state index < -0.39 is 4.33 Å². The molecule has 0 spiro atoms. The summed E-state index contributed by atoms with van der Waals surface area (Å²) in [5.41, 5.74) is 0. The third-order valence-corrected chi connectivity index (χ3v) is 0.657. The van der Waals surface area contributed by atoms with E-state index in [9.17, 15) is 0 Å². The predicted molar refractivity (Wildman–Crippen MR) is 30.3 cm³/mol. The topological polar surface area (TPSA) is 23.8 Å². The Bertz CT molecular complexity index is 86.8. The fraction of sp³-hybridized carbons (Fsp3) is 0.750. The van der Waals surface area contributed by atoms with Crippen molar-refractivity contribution in [3.05, 3.63) is 0 Å². The van der Waals surface area contributed by atoms with Gasteiger partial charge in [-0.05, 0) is 6.92 Å². The van der Waals surface area contributed by atoms with Gasteiger partial charge in [-0.1, -0.05) is 0 Å². The molecular formula is C4H5Cl2N. The average Bonchev–Trinajstić information content (AvgIpc) is 1.30. The highest BCUT2D eigenvalue weighted by atomic mass is 35.5. The van der Waals surface area contributed by atoms with Gasteiger partial charge in [0.1, 0.15) is 4.33 Å². The molecule has 0 bridgehead atoms. The summed E-state index contributed by atoms with van der Waals surface area (Å²) in [6.45, 7) is 1.58. The molecule has 0 saturated carbocycles. The van der Waals surface area contributed by atoms with Crippen LogP contribution in [-0.2, 0) is 0 Å². The molecule has 3 heteroatoms. The van der Waals surface area contributed by atoms with Crippen LogP contribution >= 0.6 is 23.2 Å². The summed E-state index contributed by atoms with van der Waals surface area (Å²) in [6, 6.07) is 1.84. The van der Waals surface area contributed by atoms with Crippen LogP contribution in [-0.4, -0.2) is 4.33 Å². The molecule has 0 aliphatic heterocycles. The maximum Gasteiger partial charge on any atom is 0.128 e. The minimum atomic E-state index is -0.866. The maximum absolute atomic E-state index is 7.98. The van der Waals surface area contributed by atoms with Crippen molar-refractivity contribution in [2.45, 2.75) is 17.7 Å². The molecule has 0 aliphatic carbocycles. The quantitative estimate of drug-likeness (QED) is 0.509. The first-order chi connectivity index (χ1) is 3.06. The summed E-state index contributed by atoms with van der Waals surface area (Å²) in [6.07, 6.45) is 0.177. The first-order valence-electron chi connectivity index (χ1n) is 1.81. The number of alkyl halides is 2. The lowest BCUT2D eigenvalue weighted by Crippen LogP contribution is -2.02. The highest BCUT2D eigenvalue weighted by Gasteiger charge is 2.14. The van der Waals surface area contributed by atoms with E-state index in [-0.39, 0.29) is 6.42 Å². The van der Waals surface area contributed by atoms with Crippen LogP contribution in [0.4, 0.5) is 0 Å².